The third kappa shape index (κ3) is 3.96. The molecule has 1 heteroatoms. The van der Waals surface area contributed by atoms with Crippen LogP contribution in [0.15, 0.2) is 0 Å². The molecule has 0 rings (SSSR count). The number of hydrogen-bond donors (Lipinski definition) is 1. The Morgan fingerprint density at radius 2 is 2.33 bits per heavy atom. The topological polar surface area (TPSA) is 20.2 Å². The second kappa shape index (κ2) is 3.16. The van der Waals surface area contributed by atoms with Gasteiger partial charge in [0.15, 0.2) is 0 Å². The lowest BCUT2D eigenvalue weighted by Gasteiger charge is -1.94. The molecule has 6 heavy (non-hydrogen) atoms. The van der Waals surface area contributed by atoms with Crippen LogP contribution in [0, 0.1) is 6.42 Å². The van der Waals surface area contributed by atoms with Gasteiger partial charge >= 0.3 is 0 Å². The first-order valence-corrected chi connectivity index (χ1v) is 2.28. The van der Waals surface area contributed by atoms with Gasteiger partial charge in [0.2, 0.25) is 0 Å². The van der Waals surface area contributed by atoms with Crippen LogP contribution in [-0.4, -0.2) is 11.2 Å². The molecule has 0 bridgehead atoms. The maximum absolute atomic E-state index is 8.50. The molecule has 0 aromatic carbocycles. The molecule has 1 nitrogen and oxygen atoms in total. The summed E-state index contributed by atoms with van der Waals surface area (Å²) >= 11 is 0. The molecular weight excluding hydrogens is 76.1 g/mol. The zero-order chi connectivity index (χ0) is 4.99. The molecule has 0 aliphatic rings. The third-order valence-electron chi connectivity index (χ3n) is 0.577. The van der Waals surface area contributed by atoms with Crippen LogP contribution in [-0.2, 0) is 0 Å². The van der Waals surface area contributed by atoms with E-state index >= 15 is 0 Å². The number of aliphatic hydroxyl groups is 1. The quantitative estimate of drug-likeness (QED) is 0.532. The Morgan fingerprint density at radius 1 is 1.83 bits per heavy atom. The summed E-state index contributed by atoms with van der Waals surface area (Å²) in [6.07, 6.45) is 2.58. The van der Waals surface area contributed by atoms with Crippen LogP contribution in [0.2, 0.25) is 0 Å². The van der Waals surface area contributed by atoms with Gasteiger partial charge in [-0.3, -0.25) is 0 Å². The molecule has 1 unspecified atom stereocenters. The van der Waals surface area contributed by atoms with Crippen molar-refractivity contribution in [2.75, 3.05) is 0 Å². The summed E-state index contributed by atoms with van der Waals surface area (Å²) in [5, 5.41) is 8.50. The van der Waals surface area contributed by atoms with Gasteiger partial charge in [0.1, 0.15) is 0 Å². The largest absolute Gasteiger partial charge is 0.393 e. The fraction of sp³-hybridized carbons (Fsp3) is 0.800. The van der Waals surface area contributed by atoms with Gasteiger partial charge in [-0.25, -0.2) is 0 Å². The fourth-order valence-corrected chi connectivity index (χ4v) is 0.341. The summed E-state index contributed by atoms with van der Waals surface area (Å²) in [6, 6.07) is 0. The van der Waals surface area contributed by atoms with Crippen molar-refractivity contribution in [2.45, 2.75) is 26.4 Å². The first-order valence-electron chi connectivity index (χ1n) is 2.28. The van der Waals surface area contributed by atoms with Crippen LogP contribution >= 0.6 is 0 Å². The van der Waals surface area contributed by atoms with Crippen molar-refractivity contribution in [3.63, 3.8) is 0 Å². The second-order valence-electron chi connectivity index (χ2n) is 1.38. The summed E-state index contributed by atoms with van der Waals surface area (Å²) < 4.78 is 0. The van der Waals surface area contributed by atoms with E-state index in [1.807, 2.05) is 13.3 Å². The molecule has 0 fully saturated rings. The summed E-state index contributed by atoms with van der Waals surface area (Å²) in [6.45, 7) is 3.76. The zero-order valence-corrected chi connectivity index (χ0v) is 4.31. The maximum atomic E-state index is 8.50. The van der Waals surface area contributed by atoms with Gasteiger partial charge in [-0.2, -0.15) is 0 Å². The SMILES string of the molecule is CC[CH]C(C)O. The van der Waals surface area contributed by atoms with E-state index in [9.17, 15) is 0 Å². The summed E-state index contributed by atoms with van der Waals surface area (Å²) in [5.41, 5.74) is 0. The minimum Gasteiger partial charge on any atom is -0.393 e. The van der Waals surface area contributed by atoms with Crippen molar-refractivity contribution in [1.82, 2.24) is 0 Å². The van der Waals surface area contributed by atoms with Crippen molar-refractivity contribution in [2.24, 2.45) is 0 Å². The molecule has 0 amide bonds. The molecule has 37 valence electrons. The number of aliphatic hydroxyl groups excluding tert-OH is 1. The molecule has 0 aliphatic carbocycles. The zero-order valence-electron chi connectivity index (χ0n) is 4.31. The van der Waals surface area contributed by atoms with E-state index in [-0.39, 0.29) is 6.10 Å². The van der Waals surface area contributed by atoms with E-state index in [1.54, 1.807) is 6.92 Å². The lowest BCUT2D eigenvalue weighted by atomic mass is 10.2. The van der Waals surface area contributed by atoms with Gasteiger partial charge in [0.05, 0.1) is 6.10 Å². The molecule has 0 spiro atoms. The van der Waals surface area contributed by atoms with Gasteiger partial charge in [0, 0.05) is 0 Å². The van der Waals surface area contributed by atoms with Crippen LogP contribution < -0.4 is 0 Å². The third-order valence-corrected chi connectivity index (χ3v) is 0.577. The Morgan fingerprint density at radius 3 is 2.33 bits per heavy atom. The average molecular weight is 87.1 g/mol. The summed E-state index contributed by atoms with van der Waals surface area (Å²) in [5.74, 6) is 0. The highest BCUT2D eigenvalue weighted by Crippen LogP contribution is 1.89. The number of rotatable bonds is 2. The highest BCUT2D eigenvalue weighted by Gasteiger charge is 1.87. The van der Waals surface area contributed by atoms with E-state index in [0.717, 1.165) is 6.42 Å². The summed E-state index contributed by atoms with van der Waals surface area (Å²) in [4.78, 5) is 0. The Kier molecular flexibility index (Phi) is 3.14. The van der Waals surface area contributed by atoms with Crippen molar-refractivity contribution in [3.8, 4) is 0 Å². The lowest BCUT2D eigenvalue weighted by Crippen LogP contribution is -1.97. The van der Waals surface area contributed by atoms with Gasteiger partial charge < -0.3 is 5.11 Å². The molecule has 1 atom stereocenters. The minimum atomic E-state index is -0.227. The molecule has 0 aromatic heterocycles. The van der Waals surface area contributed by atoms with Crippen molar-refractivity contribution in [3.05, 3.63) is 6.42 Å². The predicted octanol–water partition coefficient (Wildman–Crippen LogP) is 0.981. The fourth-order valence-electron chi connectivity index (χ4n) is 0.341. The first kappa shape index (κ1) is 5.96. The van der Waals surface area contributed by atoms with Gasteiger partial charge in [0.25, 0.3) is 0 Å². The van der Waals surface area contributed by atoms with E-state index in [4.69, 9.17) is 5.11 Å². The molecular formula is C5H11O. The Bertz CT molecular complexity index is 25.1. The standard InChI is InChI=1S/C5H11O/c1-3-4-5(2)6/h4-6H,3H2,1-2H3. The van der Waals surface area contributed by atoms with Crippen LogP contribution in [0.5, 0.6) is 0 Å². The average Bonchev–Trinajstić information content (AvgIpc) is 1.35. The minimum absolute atomic E-state index is 0.227. The second-order valence-corrected chi connectivity index (χ2v) is 1.38. The van der Waals surface area contributed by atoms with Crippen molar-refractivity contribution >= 4 is 0 Å². The van der Waals surface area contributed by atoms with Gasteiger partial charge in [-0.1, -0.05) is 13.3 Å². The Hall–Kier alpha value is -0.0400. The Labute approximate surface area is 39.0 Å². The van der Waals surface area contributed by atoms with Crippen LogP contribution in [0.1, 0.15) is 20.3 Å². The summed E-state index contributed by atoms with van der Waals surface area (Å²) in [7, 11) is 0. The smallest absolute Gasteiger partial charge is 0.0543 e. The molecule has 1 N–H and O–H groups in total. The lowest BCUT2D eigenvalue weighted by molar-refractivity contribution is 0.224. The molecule has 0 aromatic rings. The van der Waals surface area contributed by atoms with Gasteiger partial charge in [-0.15, -0.1) is 0 Å². The monoisotopic (exact) mass is 87.1 g/mol. The maximum Gasteiger partial charge on any atom is 0.0543 e. The van der Waals surface area contributed by atoms with Crippen LogP contribution in [0.3, 0.4) is 0 Å². The molecule has 0 aliphatic heterocycles. The normalized spacial score (nSPS) is 14.5. The van der Waals surface area contributed by atoms with Crippen LogP contribution in [0.25, 0.3) is 0 Å². The predicted molar refractivity (Wildman–Crippen MR) is 26.3 cm³/mol. The Balaban J connectivity index is 2.63. The highest BCUT2D eigenvalue weighted by molar-refractivity contribution is 4.66. The van der Waals surface area contributed by atoms with Crippen LogP contribution in [0.4, 0.5) is 0 Å². The van der Waals surface area contributed by atoms with E-state index in [0.29, 0.717) is 0 Å². The molecule has 0 saturated carbocycles. The number of hydrogen-bond acceptors (Lipinski definition) is 1. The molecule has 0 heterocycles. The van der Waals surface area contributed by atoms with E-state index < -0.39 is 0 Å². The molecule has 1 radical (unpaired) electrons. The highest BCUT2D eigenvalue weighted by atomic mass is 16.3. The van der Waals surface area contributed by atoms with Crippen molar-refractivity contribution in [1.29, 1.82) is 0 Å². The van der Waals surface area contributed by atoms with Gasteiger partial charge in [-0.05, 0) is 13.3 Å². The molecule has 0 saturated heterocycles. The first-order chi connectivity index (χ1) is 2.77. The van der Waals surface area contributed by atoms with E-state index in [2.05, 4.69) is 0 Å². The van der Waals surface area contributed by atoms with E-state index in [1.165, 1.54) is 0 Å². The van der Waals surface area contributed by atoms with Crippen molar-refractivity contribution < 1.29 is 5.11 Å².